The van der Waals surface area contributed by atoms with Gasteiger partial charge in [-0.2, -0.15) is 5.26 Å². The van der Waals surface area contributed by atoms with Gasteiger partial charge in [0.05, 0.1) is 28.9 Å². The molecule has 30 heavy (non-hydrogen) atoms. The van der Waals surface area contributed by atoms with E-state index >= 15 is 0 Å². The number of rotatable bonds is 4. The van der Waals surface area contributed by atoms with Crippen molar-refractivity contribution in [1.29, 1.82) is 5.26 Å². The molecule has 2 aromatic carbocycles. The number of aryl methyl sites for hydroxylation is 1. The number of Topliss-reactive ketones (excluding diaryl/α,β-unsaturated/α-hetero) is 1. The average molecular weight is 392 g/mol. The van der Waals surface area contributed by atoms with Crippen molar-refractivity contribution in [2.45, 2.75) is 5.92 Å². The van der Waals surface area contributed by atoms with Crippen molar-refractivity contribution in [3.8, 4) is 17.5 Å². The SMILES string of the molecule is Cn1c(C(C#N)C(=O)c2cc(-c3ccco3)nc3ccccc23)nc2ccccc21. The number of pyridine rings is 1. The average Bonchev–Trinajstić information content (AvgIpc) is 3.43. The van der Waals surface area contributed by atoms with E-state index < -0.39 is 5.92 Å². The molecule has 5 aromatic rings. The van der Waals surface area contributed by atoms with Crippen LogP contribution in [0.2, 0.25) is 0 Å². The molecule has 0 aliphatic heterocycles. The first-order valence-electron chi connectivity index (χ1n) is 9.46. The molecule has 1 atom stereocenters. The molecule has 0 saturated heterocycles. The van der Waals surface area contributed by atoms with Gasteiger partial charge in [-0.15, -0.1) is 0 Å². The second-order valence-electron chi connectivity index (χ2n) is 6.99. The number of nitrogens with zero attached hydrogens (tertiary/aromatic N) is 4. The third-order valence-electron chi connectivity index (χ3n) is 5.23. The highest BCUT2D eigenvalue weighted by Gasteiger charge is 2.29. The Morgan fingerprint density at radius 1 is 1.03 bits per heavy atom. The first kappa shape index (κ1) is 17.8. The number of carbonyl (C=O) groups excluding carboxylic acids is 1. The lowest BCUT2D eigenvalue weighted by Crippen LogP contribution is -2.16. The molecule has 0 spiro atoms. The first-order chi connectivity index (χ1) is 14.7. The number of benzene rings is 2. The summed E-state index contributed by atoms with van der Waals surface area (Å²) in [6.07, 6.45) is 1.56. The Balaban J connectivity index is 1.69. The minimum absolute atomic E-state index is 0.317. The maximum Gasteiger partial charge on any atom is 0.188 e. The lowest BCUT2D eigenvalue weighted by atomic mass is 9.94. The van der Waals surface area contributed by atoms with Gasteiger partial charge >= 0.3 is 0 Å². The van der Waals surface area contributed by atoms with Crippen LogP contribution in [0.15, 0.2) is 77.4 Å². The van der Waals surface area contributed by atoms with Crippen molar-refractivity contribution >= 4 is 27.7 Å². The minimum atomic E-state index is -1.04. The Hall–Kier alpha value is -4.24. The molecule has 3 aromatic heterocycles. The highest BCUT2D eigenvalue weighted by molar-refractivity contribution is 6.12. The number of hydrogen-bond acceptors (Lipinski definition) is 5. The van der Waals surface area contributed by atoms with Gasteiger partial charge in [-0.05, 0) is 36.4 Å². The van der Waals surface area contributed by atoms with Gasteiger partial charge in [0.2, 0.25) is 0 Å². The van der Waals surface area contributed by atoms with E-state index in [0.717, 1.165) is 11.0 Å². The molecule has 0 radical (unpaired) electrons. The van der Waals surface area contributed by atoms with Crippen molar-refractivity contribution < 1.29 is 9.21 Å². The maximum absolute atomic E-state index is 13.6. The Kier molecular flexibility index (Phi) is 4.15. The van der Waals surface area contributed by atoms with Crippen LogP contribution in [0.25, 0.3) is 33.4 Å². The van der Waals surface area contributed by atoms with Gasteiger partial charge in [0.15, 0.2) is 17.5 Å². The molecule has 6 heteroatoms. The van der Waals surface area contributed by atoms with Gasteiger partial charge in [-0.1, -0.05) is 30.3 Å². The molecule has 0 saturated carbocycles. The van der Waals surface area contributed by atoms with Crippen LogP contribution in [0, 0.1) is 11.3 Å². The largest absolute Gasteiger partial charge is 0.463 e. The molecule has 144 valence electrons. The number of nitriles is 1. The zero-order valence-corrected chi connectivity index (χ0v) is 16.1. The second kappa shape index (κ2) is 6.98. The fraction of sp³-hybridized carbons (Fsp3) is 0.0833. The molecule has 5 rings (SSSR count). The van der Waals surface area contributed by atoms with E-state index in [4.69, 9.17) is 4.42 Å². The summed E-state index contributed by atoms with van der Waals surface area (Å²) in [6.45, 7) is 0. The van der Waals surface area contributed by atoms with Gasteiger partial charge < -0.3 is 8.98 Å². The van der Waals surface area contributed by atoms with Crippen molar-refractivity contribution in [3.63, 3.8) is 0 Å². The van der Waals surface area contributed by atoms with Crippen molar-refractivity contribution in [1.82, 2.24) is 14.5 Å². The van der Waals surface area contributed by atoms with Crippen LogP contribution >= 0.6 is 0 Å². The number of fused-ring (bicyclic) bond motifs is 2. The predicted molar refractivity (Wildman–Crippen MR) is 113 cm³/mol. The molecule has 3 heterocycles. The zero-order chi connectivity index (χ0) is 20.7. The minimum Gasteiger partial charge on any atom is -0.463 e. The fourth-order valence-electron chi connectivity index (χ4n) is 3.74. The Morgan fingerprint density at radius 3 is 2.53 bits per heavy atom. The summed E-state index contributed by atoms with van der Waals surface area (Å²) in [5.74, 6) is -0.379. The van der Waals surface area contributed by atoms with E-state index in [1.54, 1.807) is 29.0 Å². The summed E-state index contributed by atoms with van der Waals surface area (Å²) in [6, 6.07) is 22.4. The second-order valence-corrected chi connectivity index (χ2v) is 6.99. The first-order valence-corrected chi connectivity index (χ1v) is 9.46. The lowest BCUT2D eigenvalue weighted by Gasteiger charge is -2.12. The Labute approximate surface area is 172 Å². The maximum atomic E-state index is 13.6. The molecule has 0 N–H and O–H groups in total. The molecule has 1 unspecified atom stereocenters. The quantitative estimate of drug-likeness (QED) is 0.407. The van der Waals surface area contributed by atoms with E-state index in [1.165, 1.54) is 0 Å². The molecule has 0 amide bonds. The molecule has 0 aliphatic rings. The topological polar surface area (TPSA) is 84.7 Å². The van der Waals surface area contributed by atoms with Crippen molar-refractivity contribution in [3.05, 3.63) is 84.4 Å². The normalized spacial score (nSPS) is 12.1. The summed E-state index contributed by atoms with van der Waals surface area (Å²) < 4.78 is 7.28. The number of imidazole rings is 1. The van der Waals surface area contributed by atoms with Gasteiger partial charge in [0.1, 0.15) is 11.5 Å². The van der Waals surface area contributed by atoms with E-state index in [0.29, 0.717) is 33.7 Å². The number of hydrogen-bond donors (Lipinski definition) is 0. The summed E-state index contributed by atoms with van der Waals surface area (Å²) >= 11 is 0. The number of furan rings is 1. The standard InChI is InChI=1S/C24H16N4O2/c1-28-21-10-5-4-9-19(21)27-24(28)17(14-25)23(29)16-13-20(22-11-6-12-30-22)26-18-8-3-2-7-15(16)18/h2-13,17H,1H3. The van der Waals surface area contributed by atoms with Gasteiger partial charge in [0, 0.05) is 18.0 Å². The van der Waals surface area contributed by atoms with Crippen LogP contribution in [0.1, 0.15) is 22.1 Å². The van der Waals surface area contributed by atoms with Gasteiger partial charge in [0.25, 0.3) is 0 Å². The summed E-state index contributed by atoms with van der Waals surface area (Å²) in [5, 5.41) is 10.6. The molecule has 0 aliphatic carbocycles. The van der Waals surface area contributed by atoms with Crippen LogP contribution in [0.5, 0.6) is 0 Å². The molecular weight excluding hydrogens is 376 g/mol. The van der Waals surface area contributed by atoms with Crippen LogP contribution in [0.4, 0.5) is 0 Å². The van der Waals surface area contributed by atoms with E-state index in [-0.39, 0.29) is 5.78 Å². The summed E-state index contributed by atoms with van der Waals surface area (Å²) in [5.41, 5.74) is 3.25. The molecule has 6 nitrogen and oxygen atoms in total. The summed E-state index contributed by atoms with van der Waals surface area (Å²) in [7, 11) is 1.82. The lowest BCUT2D eigenvalue weighted by molar-refractivity contribution is 0.0977. The highest BCUT2D eigenvalue weighted by Crippen LogP contribution is 2.30. The van der Waals surface area contributed by atoms with Gasteiger partial charge in [-0.3, -0.25) is 4.79 Å². The number of para-hydroxylation sites is 3. The van der Waals surface area contributed by atoms with E-state index in [2.05, 4.69) is 16.0 Å². The number of ketones is 1. The highest BCUT2D eigenvalue weighted by atomic mass is 16.3. The van der Waals surface area contributed by atoms with Crippen LogP contribution in [-0.2, 0) is 7.05 Å². The predicted octanol–water partition coefficient (Wildman–Crippen LogP) is 4.87. The van der Waals surface area contributed by atoms with E-state index in [1.807, 2.05) is 55.6 Å². The Morgan fingerprint density at radius 2 is 1.80 bits per heavy atom. The zero-order valence-electron chi connectivity index (χ0n) is 16.1. The Bertz CT molecular complexity index is 1440. The van der Waals surface area contributed by atoms with Crippen LogP contribution in [-0.4, -0.2) is 20.3 Å². The van der Waals surface area contributed by atoms with E-state index in [9.17, 15) is 10.1 Å². The molecule has 0 fully saturated rings. The molecular formula is C24H16N4O2. The molecule has 0 bridgehead atoms. The fourth-order valence-corrected chi connectivity index (χ4v) is 3.74. The van der Waals surface area contributed by atoms with Crippen LogP contribution < -0.4 is 0 Å². The smallest absolute Gasteiger partial charge is 0.188 e. The number of carbonyl (C=O) groups is 1. The third-order valence-corrected chi connectivity index (χ3v) is 5.23. The number of aromatic nitrogens is 3. The van der Waals surface area contributed by atoms with Crippen LogP contribution in [0.3, 0.4) is 0 Å². The van der Waals surface area contributed by atoms with Gasteiger partial charge in [-0.25, -0.2) is 9.97 Å². The van der Waals surface area contributed by atoms with Crippen molar-refractivity contribution in [2.24, 2.45) is 7.05 Å². The van der Waals surface area contributed by atoms with Crippen molar-refractivity contribution in [2.75, 3.05) is 0 Å². The summed E-state index contributed by atoms with van der Waals surface area (Å²) in [4.78, 5) is 22.8. The third kappa shape index (κ3) is 2.76. The monoisotopic (exact) mass is 392 g/mol.